The highest BCUT2D eigenvalue weighted by molar-refractivity contribution is 7.92. The monoisotopic (exact) mass is 294 g/mol. The molecule has 0 aliphatic heterocycles. The number of nitrogens with one attached hydrogen (secondary N) is 1. The molecule has 0 radical (unpaired) electrons. The molecule has 5 nitrogen and oxygen atoms in total. The molecule has 0 rings (SSSR count). The van der Waals surface area contributed by atoms with Gasteiger partial charge in [0, 0.05) is 12.8 Å². The minimum absolute atomic E-state index is 0.0242. The molecule has 0 saturated carbocycles. The first-order chi connectivity index (χ1) is 7.90. The minimum atomic E-state index is -3.24. The number of thiocarbonyl (C=S) groups is 1. The average Bonchev–Trinajstić information content (AvgIpc) is 2.11. The Kier molecular flexibility index (Phi) is 5.74. The van der Waals surface area contributed by atoms with E-state index in [-0.39, 0.29) is 23.4 Å². The van der Waals surface area contributed by atoms with Gasteiger partial charge in [-0.1, -0.05) is 26.1 Å². The Morgan fingerprint density at radius 3 is 2.11 bits per heavy atom. The molecule has 0 aliphatic rings. The van der Waals surface area contributed by atoms with E-state index >= 15 is 0 Å². The van der Waals surface area contributed by atoms with Crippen LogP contribution in [0.2, 0.25) is 0 Å². The summed E-state index contributed by atoms with van der Waals surface area (Å²) < 4.78 is 22.0. The topological polar surface area (TPSA) is 89.3 Å². The zero-order chi connectivity index (χ0) is 14.7. The van der Waals surface area contributed by atoms with Crippen LogP contribution in [0.3, 0.4) is 0 Å². The van der Waals surface area contributed by atoms with Crippen LogP contribution >= 0.6 is 12.2 Å². The molecule has 0 aromatic heterocycles. The van der Waals surface area contributed by atoms with Gasteiger partial charge in [-0.05, 0) is 19.8 Å². The fraction of sp³-hybridized carbons (Fsp3) is 0.818. The van der Waals surface area contributed by atoms with E-state index in [0.29, 0.717) is 0 Å². The van der Waals surface area contributed by atoms with Gasteiger partial charge >= 0.3 is 0 Å². The molecule has 1 amide bonds. The Hall–Kier alpha value is -0.690. The first kappa shape index (κ1) is 17.3. The molecule has 0 heterocycles. The van der Waals surface area contributed by atoms with E-state index in [4.69, 9.17) is 18.0 Å². The van der Waals surface area contributed by atoms with Crippen LogP contribution in [0.4, 0.5) is 0 Å². The average molecular weight is 294 g/mol. The molecule has 7 heteroatoms. The number of hydrogen-bond acceptors (Lipinski definition) is 4. The fourth-order valence-electron chi connectivity index (χ4n) is 1.30. The molecule has 0 spiro atoms. The fourth-order valence-corrected chi connectivity index (χ4v) is 2.02. The van der Waals surface area contributed by atoms with Crippen molar-refractivity contribution in [2.24, 2.45) is 17.6 Å². The number of rotatable bonds is 6. The van der Waals surface area contributed by atoms with E-state index in [1.165, 1.54) is 0 Å². The molecule has 1 unspecified atom stereocenters. The lowest BCUT2D eigenvalue weighted by atomic mass is 9.95. The number of carbonyl (C=O) groups is 1. The lowest BCUT2D eigenvalue weighted by Gasteiger charge is -2.25. The molecule has 3 N–H and O–H groups in total. The Labute approximate surface area is 114 Å². The maximum atomic E-state index is 11.9. The zero-order valence-electron chi connectivity index (χ0n) is 11.5. The van der Waals surface area contributed by atoms with Crippen molar-refractivity contribution in [2.75, 3.05) is 12.8 Å². The summed E-state index contributed by atoms with van der Waals surface area (Å²) in [5, 5.41) is 2.61. The lowest BCUT2D eigenvalue weighted by Crippen LogP contribution is -2.48. The van der Waals surface area contributed by atoms with Gasteiger partial charge in [-0.15, -0.1) is 0 Å². The Bertz CT molecular complexity index is 428. The summed E-state index contributed by atoms with van der Waals surface area (Å²) in [6.45, 7) is 6.84. The second-order valence-corrected chi connectivity index (χ2v) is 8.49. The predicted molar refractivity (Wildman–Crippen MR) is 77.0 cm³/mol. The van der Waals surface area contributed by atoms with Crippen LogP contribution in [0.15, 0.2) is 0 Å². The van der Waals surface area contributed by atoms with Gasteiger partial charge in [0.15, 0.2) is 9.84 Å². The molecular formula is C11H22N2O3S2. The van der Waals surface area contributed by atoms with Crippen LogP contribution in [0.1, 0.15) is 27.7 Å². The second kappa shape index (κ2) is 5.97. The highest BCUT2D eigenvalue weighted by Crippen LogP contribution is 2.15. The van der Waals surface area contributed by atoms with E-state index in [1.54, 1.807) is 13.8 Å². The first-order valence-electron chi connectivity index (χ1n) is 5.67. The molecule has 0 saturated heterocycles. The summed E-state index contributed by atoms with van der Waals surface area (Å²) in [4.78, 5) is 12.1. The highest BCUT2D eigenvalue weighted by atomic mass is 32.2. The second-order valence-electron chi connectivity index (χ2n) is 5.37. The van der Waals surface area contributed by atoms with E-state index in [9.17, 15) is 13.2 Å². The quantitative estimate of drug-likeness (QED) is 0.696. The van der Waals surface area contributed by atoms with Crippen molar-refractivity contribution < 1.29 is 13.2 Å². The van der Waals surface area contributed by atoms with Crippen molar-refractivity contribution in [3.63, 3.8) is 0 Å². The molecule has 0 aromatic rings. The molecule has 0 aromatic carbocycles. The smallest absolute Gasteiger partial charge is 0.230 e. The predicted octanol–water partition coefficient (Wildman–Crippen LogP) is 0.484. The Morgan fingerprint density at radius 2 is 1.83 bits per heavy atom. The van der Waals surface area contributed by atoms with Gasteiger partial charge in [0.2, 0.25) is 5.91 Å². The van der Waals surface area contributed by atoms with Crippen LogP contribution in [0.5, 0.6) is 0 Å². The highest BCUT2D eigenvalue weighted by Gasteiger charge is 2.32. The van der Waals surface area contributed by atoms with E-state index in [0.717, 1.165) is 6.26 Å². The van der Waals surface area contributed by atoms with E-state index in [2.05, 4.69) is 5.32 Å². The lowest BCUT2D eigenvalue weighted by molar-refractivity contribution is -0.124. The first-order valence-corrected chi connectivity index (χ1v) is 7.96. The van der Waals surface area contributed by atoms with Crippen molar-refractivity contribution in [3.05, 3.63) is 0 Å². The van der Waals surface area contributed by atoms with E-state index in [1.807, 2.05) is 13.8 Å². The normalized spacial score (nSPS) is 14.3. The van der Waals surface area contributed by atoms with Gasteiger partial charge in [0.05, 0.1) is 15.7 Å². The SMILES string of the molecule is CC(C)C(C(=O)NCC(C)(C)S(C)(=O)=O)C(N)=S. The third-order valence-corrected chi connectivity index (χ3v) is 5.35. The van der Waals surface area contributed by atoms with E-state index < -0.39 is 20.5 Å². The number of carbonyl (C=O) groups excluding carboxylic acids is 1. The van der Waals surface area contributed by atoms with Crippen LogP contribution in [0.25, 0.3) is 0 Å². The number of sulfone groups is 1. The van der Waals surface area contributed by atoms with Crippen LogP contribution in [-0.4, -0.2) is 36.9 Å². The van der Waals surface area contributed by atoms with Crippen molar-refractivity contribution in [1.82, 2.24) is 5.32 Å². The van der Waals surface area contributed by atoms with Crippen molar-refractivity contribution in [2.45, 2.75) is 32.4 Å². The number of amides is 1. The maximum absolute atomic E-state index is 11.9. The largest absolute Gasteiger partial charge is 0.393 e. The molecule has 0 fully saturated rings. The van der Waals surface area contributed by atoms with Crippen molar-refractivity contribution >= 4 is 33.0 Å². The molecule has 1 atom stereocenters. The zero-order valence-corrected chi connectivity index (χ0v) is 13.1. The Morgan fingerprint density at radius 1 is 1.39 bits per heavy atom. The minimum Gasteiger partial charge on any atom is -0.393 e. The molecule has 18 heavy (non-hydrogen) atoms. The summed E-state index contributed by atoms with van der Waals surface area (Å²) in [5.74, 6) is -0.923. The van der Waals surface area contributed by atoms with Gasteiger partial charge in [0.1, 0.15) is 0 Å². The number of hydrogen-bond donors (Lipinski definition) is 2. The van der Waals surface area contributed by atoms with Gasteiger partial charge in [-0.2, -0.15) is 0 Å². The van der Waals surface area contributed by atoms with Crippen LogP contribution in [-0.2, 0) is 14.6 Å². The van der Waals surface area contributed by atoms with Crippen molar-refractivity contribution in [1.29, 1.82) is 0 Å². The number of nitrogens with two attached hydrogens (primary N) is 1. The van der Waals surface area contributed by atoms with Crippen LogP contribution < -0.4 is 11.1 Å². The van der Waals surface area contributed by atoms with Gasteiger partial charge in [-0.3, -0.25) is 4.79 Å². The van der Waals surface area contributed by atoms with Crippen molar-refractivity contribution in [3.8, 4) is 0 Å². The standard InChI is InChI=1S/C11H22N2O3S2/c1-7(2)8(9(12)17)10(14)13-6-11(3,4)18(5,15)16/h7-8H,6H2,1-5H3,(H2,12,17)(H,13,14). The molecule has 0 aliphatic carbocycles. The van der Waals surface area contributed by atoms with Gasteiger partial charge < -0.3 is 11.1 Å². The van der Waals surface area contributed by atoms with Gasteiger partial charge in [-0.25, -0.2) is 8.42 Å². The molecule has 106 valence electrons. The third-order valence-electron chi connectivity index (χ3n) is 2.95. The molecule has 0 bridgehead atoms. The summed E-state index contributed by atoms with van der Waals surface area (Å²) in [6, 6.07) is 0. The molecular weight excluding hydrogens is 272 g/mol. The van der Waals surface area contributed by atoms with Crippen LogP contribution in [0, 0.1) is 11.8 Å². The summed E-state index contributed by atoms with van der Waals surface area (Å²) in [5.41, 5.74) is 5.52. The summed E-state index contributed by atoms with van der Waals surface area (Å²) in [7, 11) is -3.24. The summed E-state index contributed by atoms with van der Waals surface area (Å²) in [6.07, 6.45) is 1.15. The maximum Gasteiger partial charge on any atom is 0.230 e. The Balaban J connectivity index is 4.75. The third kappa shape index (κ3) is 4.53. The van der Waals surface area contributed by atoms with Gasteiger partial charge in [0.25, 0.3) is 0 Å². The summed E-state index contributed by atoms with van der Waals surface area (Å²) >= 11 is 4.85.